The molecule has 1 N–H and O–H groups in total. The molecular formula is C17H16N2O6. The maximum atomic E-state index is 12.2. The molecule has 2 rings (SSSR count). The van der Waals surface area contributed by atoms with E-state index in [0.29, 0.717) is 0 Å². The van der Waals surface area contributed by atoms with Gasteiger partial charge in [-0.25, -0.2) is 4.79 Å². The third-order valence-electron chi connectivity index (χ3n) is 3.50. The number of nitro benzene ring substituents is 1. The van der Waals surface area contributed by atoms with Crippen LogP contribution < -0.4 is 4.90 Å². The smallest absolute Gasteiger partial charge is 0.337 e. The van der Waals surface area contributed by atoms with Crippen LogP contribution in [0, 0.1) is 10.1 Å². The third kappa shape index (κ3) is 4.61. The molecule has 0 fully saturated rings. The number of nitrogens with zero attached hydrogens (tertiary/aromatic N) is 2. The van der Waals surface area contributed by atoms with Gasteiger partial charge in [-0.05, 0) is 11.6 Å². The first kappa shape index (κ1) is 18.1. The minimum absolute atomic E-state index is 0.0602. The summed E-state index contributed by atoms with van der Waals surface area (Å²) in [6.45, 7) is -0.0612. The van der Waals surface area contributed by atoms with E-state index in [2.05, 4.69) is 0 Å². The standard InChI is InChI=1S/C17H16N2O6/c1-18(16(20)11-25-10-12-5-3-2-4-6-12)15-9-13(19(23)24)7-8-14(15)17(21)22/h2-9H,10-11H2,1H3,(H,21,22). The number of hydrogen-bond acceptors (Lipinski definition) is 5. The average molecular weight is 344 g/mol. The van der Waals surface area contributed by atoms with Gasteiger partial charge in [-0.2, -0.15) is 0 Å². The number of nitro groups is 1. The van der Waals surface area contributed by atoms with E-state index >= 15 is 0 Å². The molecule has 0 aliphatic rings. The first-order valence-electron chi connectivity index (χ1n) is 7.30. The molecule has 2 aromatic rings. The van der Waals surface area contributed by atoms with E-state index in [9.17, 15) is 24.8 Å². The zero-order valence-corrected chi connectivity index (χ0v) is 13.4. The summed E-state index contributed by atoms with van der Waals surface area (Å²) in [4.78, 5) is 34.8. The Morgan fingerprint density at radius 1 is 1.20 bits per heavy atom. The molecule has 0 saturated carbocycles. The van der Waals surface area contributed by atoms with Crippen LogP contribution in [0.4, 0.5) is 11.4 Å². The number of carboxylic acid groups (broad SMARTS) is 1. The summed E-state index contributed by atoms with van der Waals surface area (Å²) >= 11 is 0. The summed E-state index contributed by atoms with van der Waals surface area (Å²) < 4.78 is 5.33. The number of carbonyl (C=O) groups excluding carboxylic acids is 1. The number of carbonyl (C=O) groups is 2. The highest BCUT2D eigenvalue weighted by Crippen LogP contribution is 2.25. The lowest BCUT2D eigenvalue weighted by Crippen LogP contribution is -2.31. The second-order valence-electron chi connectivity index (χ2n) is 5.19. The first-order valence-corrected chi connectivity index (χ1v) is 7.30. The van der Waals surface area contributed by atoms with Crippen molar-refractivity contribution in [3.05, 3.63) is 69.8 Å². The van der Waals surface area contributed by atoms with E-state index in [-0.39, 0.29) is 30.2 Å². The molecule has 0 radical (unpaired) electrons. The number of ether oxygens (including phenoxy) is 1. The summed E-state index contributed by atoms with van der Waals surface area (Å²) in [5.41, 5.74) is 0.323. The molecule has 0 unspecified atom stereocenters. The maximum absolute atomic E-state index is 12.2. The van der Waals surface area contributed by atoms with Crippen molar-refractivity contribution in [2.75, 3.05) is 18.6 Å². The van der Waals surface area contributed by atoms with Crippen molar-refractivity contribution in [1.82, 2.24) is 0 Å². The third-order valence-corrected chi connectivity index (χ3v) is 3.50. The molecule has 0 spiro atoms. The molecule has 2 aromatic carbocycles. The molecule has 25 heavy (non-hydrogen) atoms. The van der Waals surface area contributed by atoms with Gasteiger partial charge in [-0.15, -0.1) is 0 Å². The lowest BCUT2D eigenvalue weighted by Gasteiger charge is -2.19. The molecule has 0 atom stereocenters. The molecule has 0 aliphatic heterocycles. The Balaban J connectivity index is 2.11. The van der Waals surface area contributed by atoms with Gasteiger partial charge in [0.05, 0.1) is 22.8 Å². The zero-order chi connectivity index (χ0) is 18.4. The van der Waals surface area contributed by atoms with Gasteiger partial charge >= 0.3 is 5.97 Å². The predicted octanol–water partition coefficient (Wildman–Crippen LogP) is 2.47. The fourth-order valence-electron chi connectivity index (χ4n) is 2.15. The lowest BCUT2D eigenvalue weighted by molar-refractivity contribution is -0.384. The van der Waals surface area contributed by atoms with Crippen molar-refractivity contribution in [2.24, 2.45) is 0 Å². The predicted molar refractivity (Wildman–Crippen MR) is 89.6 cm³/mol. The normalized spacial score (nSPS) is 10.3. The van der Waals surface area contributed by atoms with Crippen molar-refractivity contribution >= 4 is 23.3 Å². The highest BCUT2D eigenvalue weighted by atomic mass is 16.6. The number of benzene rings is 2. The van der Waals surface area contributed by atoms with Crippen LogP contribution in [0.25, 0.3) is 0 Å². The fraction of sp³-hybridized carbons (Fsp3) is 0.176. The maximum Gasteiger partial charge on any atom is 0.337 e. The van der Waals surface area contributed by atoms with Crippen molar-refractivity contribution in [3.8, 4) is 0 Å². The van der Waals surface area contributed by atoms with Gasteiger partial charge in [0.2, 0.25) is 0 Å². The van der Waals surface area contributed by atoms with Gasteiger partial charge in [0, 0.05) is 19.2 Å². The Morgan fingerprint density at radius 2 is 1.88 bits per heavy atom. The van der Waals surface area contributed by atoms with Crippen LogP contribution in [0.5, 0.6) is 0 Å². The van der Waals surface area contributed by atoms with Crippen molar-refractivity contribution in [1.29, 1.82) is 0 Å². The summed E-state index contributed by atoms with van der Waals surface area (Å²) in [5.74, 6) is -1.80. The molecule has 0 heterocycles. The molecule has 0 aliphatic carbocycles. The molecule has 0 aromatic heterocycles. The fourth-order valence-corrected chi connectivity index (χ4v) is 2.15. The molecule has 0 bridgehead atoms. The highest BCUT2D eigenvalue weighted by molar-refractivity contribution is 6.02. The second kappa shape index (κ2) is 8.02. The Kier molecular flexibility index (Phi) is 5.80. The van der Waals surface area contributed by atoms with E-state index in [1.165, 1.54) is 7.05 Å². The van der Waals surface area contributed by atoms with Crippen LogP contribution in [0.3, 0.4) is 0 Å². The van der Waals surface area contributed by atoms with Gasteiger partial charge in [-0.1, -0.05) is 30.3 Å². The number of amides is 1. The molecule has 8 heteroatoms. The zero-order valence-electron chi connectivity index (χ0n) is 13.4. The Labute approximate surface area is 143 Å². The number of carboxylic acids is 1. The number of likely N-dealkylation sites (N-methyl/N-ethyl adjacent to an activating group) is 1. The van der Waals surface area contributed by atoms with Crippen LogP contribution in [0.15, 0.2) is 48.5 Å². The number of hydrogen-bond donors (Lipinski definition) is 1. The second-order valence-corrected chi connectivity index (χ2v) is 5.19. The van der Waals surface area contributed by atoms with Crippen LogP contribution in [-0.4, -0.2) is 35.6 Å². The van der Waals surface area contributed by atoms with Gasteiger partial charge < -0.3 is 14.7 Å². The van der Waals surface area contributed by atoms with E-state index in [1.807, 2.05) is 30.3 Å². The molecule has 0 saturated heterocycles. The minimum Gasteiger partial charge on any atom is -0.478 e. The lowest BCUT2D eigenvalue weighted by atomic mass is 10.1. The summed E-state index contributed by atoms with van der Waals surface area (Å²) in [7, 11) is 1.35. The van der Waals surface area contributed by atoms with E-state index < -0.39 is 16.8 Å². The van der Waals surface area contributed by atoms with Gasteiger partial charge in [-0.3, -0.25) is 14.9 Å². The Bertz CT molecular complexity index is 791. The van der Waals surface area contributed by atoms with Crippen LogP contribution >= 0.6 is 0 Å². The quantitative estimate of drug-likeness (QED) is 0.610. The van der Waals surface area contributed by atoms with Gasteiger partial charge in [0.25, 0.3) is 11.6 Å². The first-order chi connectivity index (χ1) is 11.9. The van der Waals surface area contributed by atoms with Crippen LogP contribution in [0.1, 0.15) is 15.9 Å². The number of non-ortho nitro benzene ring substituents is 1. The molecule has 8 nitrogen and oxygen atoms in total. The van der Waals surface area contributed by atoms with E-state index in [4.69, 9.17) is 4.74 Å². The molecular weight excluding hydrogens is 328 g/mol. The SMILES string of the molecule is CN(C(=O)COCc1ccccc1)c1cc([N+](=O)[O-])ccc1C(=O)O. The van der Waals surface area contributed by atoms with Crippen molar-refractivity contribution < 1.29 is 24.4 Å². The topological polar surface area (TPSA) is 110 Å². The van der Waals surface area contributed by atoms with Gasteiger partial charge in [0.15, 0.2) is 0 Å². The van der Waals surface area contributed by atoms with Crippen molar-refractivity contribution in [2.45, 2.75) is 6.61 Å². The molecule has 1 amide bonds. The minimum atomic E-state index is -1.28. The molecule has 130 valence electrons. The monoisotopic (exact) mass is 344 g/mol. The van der Waals surface area contributed by atoms with E-state index in [0.717, 1.165) is 28.7 Å². The number of anilines is 1. The number of rotatable bonds is 7. The summed E-state index contributed by atoms with van der Waals surface area (Å²) in [6, 6.07) is 12.5. The summed E-state index contributed by atoms with van der Waals surface area (Å²) in [5, 5.41) is 20.1. The average Bonchev–Trinajstić information content (AvgIpc) is 2.61. The number of aromatic carboxylic acids is 1. The van der Waals surface area contributed by atoms with Crippen LogP contribution in [0.2, 0.25) is 0 Å². The Hall–Kier alpha value is -3.26. The van der Waals surface area contributed by atoms with Crippen LogP contribution in [-0.2, 0) is 16.1 Å². The van der Waals surface area contributed by atoms with Gasteiger partial charge in [0.1, 0.15) is 6.61 Å². The Morgan fingerprint density at radius 3 is 2.48 bits per heavy atom. The highest BCUT2D eigenvalue weighted by Gasteiger charge is 2.21. The largest absolute Gasteiger partial charge is 0.478 e. The van der Waals surface area contributed by atoms with E-state index in [1.54, 1.807) is 0 Å². The summed E-state index contributed by atoms with van der Waals surface area (Å²) in [6.07, 6.45) is 0. The van der Waals surface area contributed by atoms with Crippen molar-refractivity contribution in [3.63, 3.8) is 0 Å².